The summed E-state index contributed by atoms with van der Waals surface area (Å²) in [5.74, 6) is 0.406. The van der Waals surface area contributed by atoms with Gasteiger partial charge in [0.25, 0.3) is 5.91 Å². The van der Waals surface area contributed by atoms with E-state index in [0.29, 0.717) is 18.1 Å². The molecule has 0 atom stereocenters. The molecule has 0 aliphatic rings. The highest BCUT2D eigenvalue weighted by atomic mass is 79.9. The third-order valence-corrected chi connectivity index (χ3v) is 5.81. The van der Waals surface area contributed by atoms with Crippen molar-refractivity contribution in [3.63, 3.8) is 0 Å². The summed E-state index contributed by atoms with van der Waals surface area (Å²) in [5.41, 5.74) is 2.55. The van der Waals surface area contributed by atoms with Crippen LogP contribution in [0.25, 0.3) is 10.6 Å². The van der Waals surface area contributed by atoms with Crippen molar-refractivity contribution in [2.24, 2.45) is 0 Å². The van der Waals surface area contributed by atoms with Crippen molar-refractivity contribution in [1.82, 2.24) is 14.8 Å². The van der Waals surface area contributed by atoms with Gasteiger partial charge in [0.05, 0.1) is 12.7 Å². The maximum Gasteiger partial charge on any atom is 0.276 e. The number of nitrogens with zero attached hydrogens (tertiary/aromatic N) is 3. The number of anilines is 1. The number of benzene rings is 1. The van der Waals surface area contributed by atoms with Gasteiger partial charge in [-0.1, -0.05) is 28.1 Å². The summed E-state index contributed by atoms with van der Waals surface area (Å²) in [7, 11) is 0. The number of amides is 1. The van der Waals surface area contributed by atoms with E-state index in [1.54, 1.807) is 33.7 Å². The minimum atomic E-state index is -0.236. The molecule has 8 heteroatoms. The quantitative estimate of drug-likeness (QED) is 0.463. The smallest absolute Gasteiger partial charge is 0.276 e. The third kappa shape index (κ3) is 3.77. The molecule has 26 heavy (non-hydrogen) atoms. The fraction of sp³-hybridized carbons (Fsp3) is 0.0556. The SMILES string of the molecule is O=C(Nc1ccnn1Cc1ccc(Br)cc1)c1csc(-c2ccsc2)n1. The molecule has 0 bridgehead atoms. The fourth-order valence-corrected chi connectivity index (χ4v) is 4.18. The summed E-state index contributed by atoms with van der Waals surface area (Å²) in [6, 6.07) is 11.8. The number of aromatic nitrogens is 3. The first kappa shape index (κ1) is 17.1. The van der Waals surface area contributed by atoms with Crippen LogP contribution in [-0.4, -0.2) is 20.7 Å². The molecule has 3 heterocycles. The van der Waals surface area contributed by atoms with Crippen molar-refractivity contribution in [2.75, 3.05) is 5.32 Å². The van der Waals surface area contributed by atoms with Gasteiger partial charge >= 0.3 is 0 Å². The number of thiazole rings is 1. The first-order chi connectivity index (χ1) is 12.7. The Morgan fingerprint density at radius 3 is 2.77 bits per heavy atom. The fourth-order valence-electron chi connectivity index (χ4n) is 2.40. The van der Waals surface area contributed by atoms with Crippen LogP contribution in [0.15, 0.2) is 63.2 Å². The Kier molecular flexibility index (Phi) is 4.96. The van der Waals surface area contributed by atoms with Crippen LogP contribution >= 0.6 is 38.6 Å². The lowest BCUT2D eigenvalue weighted by Crippen LogP contribution is -2.16. The third-order valence-electron chi connectivity index (χ3n) is 3.71. The Bertz CT molecular complexity index is 1020. The number of thiophene rings is 1. The van der Waals surface area contributed by atoms with Crippen molar-refractivity contribution in [1.29, 1.82) is 0 Å². The highest BCUT2D eigenvalue weighted by molar-refractivity contribution is 9.10. The highest BCUT2D eigenvalue weighted by Gasteiger charge is 2.14. The number of carbonyl (C=O) groups excluding carboxylic acids is 1. The molecular formula is C18H13BrN4OS2. The number of hydrogen-bond acceptors (Lipinski definition) is 5. The highest BCUT2D eigenvalue weighted by Crippen LogP contribution is 2.26. The minimum Gasteiger partial charge on any atom is -0.305 e. The molecule has 0 unspecified atom stereocenters. The van der Waals surface area contributed by atoms with Crippen LogP contribution in [0.3, 0.4) is 0 Å². The summed E-state index contributed by atoms with van der Waals surface area (Å²) in [5, 5.41) is 13.8. The first-order valence-electron chi connectivity index (χ1n) is 7.75. The van der Waals surface area contributed by atoms with E-state index in [0.717, 1.165) is 20.6 Å². The van der Waals surface area contributed by atoms with Gasteiger partial charge in [-0.25, -0.2) is 9.67 Å². The predicted molar refractivity (Wildman–Crippen MR) is 109 cm³/mol. The molecule has 0 fully saturated rings. The van der Waals surface area contributed by atoms with Crippen LogP contribution in [0.2, 0.25) is 0 Å². The van der Waals surface area contributed by atoms with Gasteiger partial charge in [-0.15, -0.1) is 11.3 Å². The number of hydrogen-bond donors (Lipinski definition) is 1. The molecule has 1 aromatic carbocycles. The molecule has 3 aromatic heterocycles. The largest absolute Gasteiger partial charge is 0.305 e. The molecule has 0 radical (unpaired) electrons. The van der Waals surface area contributed by atoms with Crippen LogP contribution < -0.4 is 5.32 Å². The summed E-state index contributed by atoms with van der Waals surface area (Å²) < 4.78 is 2.79. The Morgan fingerprint density at radius 2 is 2.00 bits per heavy atom. The van der Waals surface area contributed by atoms with E-state index in [9.17, 15) is 4.79 Å². The molecular weight excluding hydrogens is 432 g/mol. The average molecular weight is 445 g/mol. The summed E-state index contributed by atoms with van der Waals surface area (Å²) in [4.78, 5) is 17.0. The van der Waals surface area contributed by atoms with Gasteiger partial charge in [-0.2, -0.15) is 16.4 Å². The van der Waals surface area contributed by atoms with Gasteiger partial charge in [0, 0.05) is 26.9 Å². The lowest BCUT2D eigenvalue weighted by Gasteiger charge is -2.08. The molecule has 0 saturated heterocycles. The number of halogens is 1. The lowest BCUT2D eigenvalue weighted by atomic mass is 10.2. The Morgan fingerprint density at radius 1 is 1.15 bits per heavy atom. The van der Waals surface area contributed by atoms with Gasteiger partial charge in [0.1, 0.15) is 16.5 Å². The second kappa shape index (κ2) is 7.53. The van der Waals surface area contributed by atoms with E-state index >= 15 is 0 Å². The van der Waals surface area contributed by atoms with Crippen molar-refractivity contribution in [3.05, 3.63) is 74.5 Å². The molecule has 0 aliphatic carbocycles. The monoisotopic (exact) mass is 444 g/mol. The molecule has 5 nitrogen and oxygen atoms in total. The van der Waals surface area contributed by atoms with Gasteiger partial charge in [-0.3, -0.25) is 4.79 Å². The first-order valence-corrected chi connectivity index (χ1v) is 10.4. The van der Waals surface area contributed by atoms with Crippen molar-refractivity contribution in [2.45, 2.75) is 6.54 Å². The minimum absolute atomic E-state index is 0.236. The van der Waals surface area contributed by atoms with E-state index in [-0.39, 0.29) is 5.91 Å². The molecule has 1 amide bonds. The summed E-state index contributed by atoms with van der Waals surface area (Å²) in [6.45, 7) is 0.577. The number of nitrogens with one attached hydrogen (secondary N) is 1. The van der Waals surface area contributed by atoms with Gasteiger partial charge < -0.3 is 5.32 Å². The molecule has 130 valence electrons. The Balaban J connectivity index is 1.48. The van der Waals surface area contributed by atoms with Gasteiger partial charge in [0.15, 0.2) is 0 Å². The Labute approximate surface area is 166 Å². The maximum absolute atomic E-state index is 12.5. The predicted octanol–water partition coefficient (Wildman–Crippen LogP) is 5.13. The van der Waals surface area contributed by atoms with Crippen LogP contribution in [0, 0.1) is 0 Å². The summed E-state index contributed by atoms with van der Waals surface area (Å²) in [6.07, 6.45) is 1.67. The Hall–Kier alpha value is -2.29. The molecule has 4 rings (SSSR count). The zero-order valence-electron chi connectivity index (χ0n) is 13.4. The zero-order valence-corrected chi connectivity index (χ0v) is 16.6. The molecule has 0 saturated carbocycles. The maximum atomic E-state index is 12.5. The van der Waals surface area contributed by atoms with Crippen LogP contribution in [0.4, 0.5) is 5.82 Å². The lowest BCUT2D eigenvalue weighted by molar-refractivity contribution is 0.102. The van der Waals surface area contributed by atoms with E-state index in [2.05, 4.69) is 31.3 Å². The van der Waals surface area contributed by atoms with E-state index < -0.39 is 0 Å². The van der Waals surface area contributed by atoms with Crippen LogP contribution in [0.1, 0.15) is 16.1 Å². The molecule has 1 N–H and O–H groups in total. The number of rotatable bonds is 5. The topological polar surface area (TPSA) is 59.8 Å². The average Bonchev–Trinajstić information content (AvgIpc) is 3.38. The van der Waals surface area contributed by atoms with Crippen LogP contribution in [0.5, 0.6) is 0 Å². The van der Waals surface area contributed by atoms with E-state index in [1.165, 1.54) is 11.3 Å². The van der Waals surface area contributed by atoms with Gasteiger partial charge in [0.2, 0.25) is 0 Å². The molecule has 0 spiro atoms. The number of carbonyl (C=O) groups is 1. The van der Waals surface area contributed by atoms with Crippen molar-refractivity contribution < 1.29 is 4.79 Å². The normalized spacial score (nSPS) is 10.8. The van der Waals surface area contributed by atoms with E-state index in [4.69, 9.17) is 0 Å². The summed E-state index contributed by atoms with van der Waals surface area (Å²) >= 11 is 6.50. The van der Waals surface area contributed by atoms with Crippen molar-refractivity contribution >= 4 is 50.3 Å². The van der Waals surface area contributed by atoms with Crippen molar-refractivity contribution in [3.8, 4) is 10.6 Å². The molecule has 0 aliphatic heterocycles. The van der Waals surface area contributed by atoms with Gasteiger partial charge in [-0.05, 0) is 29.1 Å². The van der Waals surface area contributed by atoms with E-state index in [1.807, 2.05) is 41.1 Å². The zero-order chi connectivity index (χ0) is 17.9. The van der Waals surface area contributed by atoms with Crippen LogP contribution in [-0.2, 0) is 6.54 Å². The standard InChI is InChI=1S/C18H13BrN4OS2/c19-14-3-1-12(2-4-14)9-23-16(5-7-20-23)22-17(24)15-11-26-18(21-15)13-6-8-25-10-13/h1-8,10-11H,9H2,(H,22,24). The second-order valence-electron chi connectivity index (χ2n) is 5.50. The molecule has 4 aromatic rings. The second-order valence-corrected chi connectivity index (χ2v) is 8.06.